The zero-order valence-electron chi connectivity index (χ0n) is 7.19. The highest BCUT2D eigenvalue weighted by molar-refractivity contribution is 8.00. The summed E-state index contributed by atoms with van der Waals surface area (Å²) in [6, 6.07) is 0. The predicted molar refractivity (Wildman–Crippen MR) is 46.3 cm³/mol. The summed E-state index contributed by atoms with van der Waals surface area (Å²) in [5, 5.41) is 0.107. The van der Waals surface area contributed by atoms with Gasteiger partial charge in [0.1, 0.15) is 6.10 Å². The minimum Gasteiger partial charge on any atom is -0.457 e. The maximum absolute atomic E-state index is 11.0. The minimum absolute atomic E-state index is 0.107. The van der Waals surface area contributed by atoms with Crippen molar-refractivity contribution in [3.05, 3.63) is 0 Å². The molecule has 0 spiro atoms. The average Bonchev–Trinajstić information content (AvgIpc) is 2.32. The van der Waals surface area contributed by atoms with Gasteiger partial charge < -0.3 is 9.47 Å². The number of hydrogen-bond donors (Lipinski definition) is 0. The zero-order chi connectivity index (χ0) is 9.42. The Hall–Kier alpha value is -0.710. The Kier molecular flexibility index (Phi) is 2.19. The van der Waals surface area contributed by atoms with E-state index in [-0.39, 0.29) is 29.4 Å². The van der Waals surface area contributed by atoms with Gasteiger partial charge in [-0.25, -0.2) is 0 Å². The molecule has 2 aliphatic heterocycles. The lowest BCUT2D eigenvalue weighted by atomic mass is 10.1. The highest BCUT2D eigenvalue weighted by Gasteiger charge is 2.46. The highest BCUT2D eigenvalue weighted by Crippen LogP contribution is 2.37. The summed E-state index contributed by atoms with van der Waals surface area (Å²) in [5.41, 5.74) is 0. The largest absolute Gasteiger partial charge is 0.457 e. The maximum Gasteiger partial charge on any atom is 0.307 e. The first kappa shape index (κ1) is 8.87. The summed E-state index contributed by atoms with van der Waals surface area (Å²) in [7, 11) is 0. The molecule has 2 rings (SSSR count). The fourth-order valence-electron chi connectivity index (χ4n) is 1.65. The Morgan fingerprint density at radius 2 is 2.46 bits per heavy atom. The Bertz CT molecular complexity index is 237. The molecule has 3 atom stereocenters. The van der Waals surface area contributed by atoms with Gasteiger partial charge >= 0.3 is 11.9 Å². The SMILES string of the molecule is CC(=O)O[C@H]1[C@@H]2CC(=O)O[C@@H]1CS2. The van der Waals surface area contributed by atoms with Crippen molar-refractivity contribution in [1.29, 1.82) is 0 Å². The molecular weight excluding hydrogens is 192 g/mol. The van der Waals surface area contributed by atoms with Gasteiger partial charge in [0, 0.05) is 12.7 Å². The third-order valence-corrected chi connectivity index (χ3v) is 3.54. The molecule has 0 N–H and O–H groups in total. The molecule has 0 unspecified atom stereocenters. The Labute approximate surface area is 80.0 Å². The summed E-state index contributed by atoms with van der Waals surface area (Å²) < 4.78 is 10.1. The molecule has 4 nitrogen and oxygen atoms in total. The van der Waals surface area contributed by atoms with Gasteiger partial charge in [-0.2, -0.15) is 0 Å². The summed E-state index contributed by atoms with van der Waals surface area (Å²) in [5.74, 6) is 0.262. The van der Waals surface area contributed by atoms with Crippen LogP contribution in [0.1, 0.15) is 13.3 Å². The topological polar surface area (TPSA) is 52.6 Å². The van der Waals surface area contributed by atoms with Crippen LogP contribution in [0, 0.1) is 0 Å². The van der Waals surface area contributed by atoms with Crippen LogP contribution in [0.4, 0.5) is 0 Å². The third-order valence-electron chi connectivity index (χ3n) is 2.16. The van der Waals surface area contributed by atoms with Crippen LogP contribution in [-0.4, -0.2) is 35.1 Å². The van der Waals surface area contributed by atoms with Crippen LogP contribution >= 0.6 is 11.8 Å². The lowest BCUT2D eigenvalue weighted by molar-refractivity contribution is -0.171. The second kappa shape index (κ2) is 3.21. The third kappa shape index (κ3) is 1.65. The lowest BCUT2D eigenvalue weighted by Gasteiger charge is -2.27. The minimum atomic E-state index is -0.305. The molecular formula is C8H10O4S. The molecule has 2 saturated heterocycles. The van der Waals surface area contributed by atoms with Gasteiger partial charge in [0.2, 0.25) is 0 Å². The predicted octanol–water partition coefficient (Wildman–Crippen LogP) is 0.349. The van der Waals surface area contributed by atoms with E-state index in [1.165, 1.54) is 6.92 Å². The van der Waals surface area contributed by atoms with Crippen molar-refractivity contribution in [2.45, 2.75) is 30.8 Å². The molecule has 0 aliphatic carbocycles. The number of carbonyl (C=O) groups is 2. The summed E-state index contributed by atoms with van der Waals surface area (Å²) in [6.45, 7) is 1.38. The van der Waals surface area contributed by atoms with Crippen molar-refractivity contribution in [2.24, 2.45) is 0 Å². The van der Waals surface area contributed by atoms with Gasteiger partial charge in [0.05, 0.1) is 11.7 Å². The molecule has 13 heavy (non-hydrogen) atoms. The molecule has 0 aromatic heterocycles. The molecule has 0 amide bonds. The van der Waals surface area contributed by atoms with Gasteiger partial charge in [-0.05, 0) is 0 Å². The van der Waals surface area contributed by atoms with Gasteiger partial charge in [-0.3, -0.25) is 9.59 Å². The normalized spacial score (nSPS) is 37.0. The Morgan fingerprint density at radius 1 is 1.69 bits per heavy atom. The van der Waals surface area contributed by atoms with Crippen LogP contribution in [0.2, 0.25) is 0 Å². The van der Waals surface area contributed by atoms with Crippen molar-refractivity contribution in [3.63, 3.8) is 0 Å². The molecule has 72 valence electrons. The molecule has 2 fully saturated rings. The van der Waals surface area contributed by atoms with E-state index in [2.05, 4.69) is 0 Å². The van der Waals surface area contributed by atoms with E-state index in [1.54, 1.807) is 11.8 Å². The number of hydrogen-bond acceptors (Lipinski definition) is 5. The van der Waals surface area contributed by atoms with Crippen LogP contribution in [0.5, 0.6) is 0 Å². The van der Waals surface area contributed by atoms with Gasteiger partial charge in [-0.1, -0.05) is 0 Å². The quantitative estimate of drug-likeness (QED) is 0.574. The van der Waals surface area contributed by atoms with Crippen LogP contribution in [0.3, 0.4) is 0 Å². The first-order valence-electron chi connectivity index (χ1n) is 4.15. The molecule has 2 bridgehead atoms. The first-order valence-corrected chi connectivity index (χ1v) is 5.20. The van der Waals surface area contributed by atoms with Crippen molar-refractivity contribution in [1.82, 2.24) is 0 Å². The van der Waals surface area contributed by atoms with Crippen molar-refractivity contribution >= 4 is 23.7 Å². The molecule has 2 heterocycles. The number of thioether (sulfide) groups is 1. The smallest absolute Gasteiger partial charge is 0.307 e. The molecule has 0 aromatic carbocycles. The molecule has 5 heteroatoms. The Morgan fingerprint density at radius 3 is 3.08 bits per heavy atom. The lowest BCUT2D eigenvalue weighted by Crippen LogP contribution is -2.42. The summed E-state index contributed by atoms with van der Waals surface area (Å²) in [6.07, 6.45) is -0.0839. The second-order valence-electron chi connectivity index (χ2n) is 3.18. The monoisotopic (exact) mass is 202 g/mol. The van der Waals surface area contributed by atoms with E-state index < -0.39 is 0 Å². The van der Waals surface area contributed by atoms with Gasteiger partial charge in [0.25, 0.3) is 0 Å². The Balaban J connectivity index is 2.06. The summed E-state index contributed by atoms with van der Waals surface area (Å²) in [4.78, 5) is 21.7. The zero-order valence-corrected chi connectivity index (χ0v) is 8.00. The van der Waals surface area contributed by atoms with Crippen LogP contribution in [0.25, 0.3) is 0 Å². The number of esters is 2. The van der Waals surface area contributed by atoms with E-state index in [0.717, 1.165) is 5.75 Å². The molecule has 2 aliphatic rings. The van der Waals surface area contributed by atoms with Crippen molar-refractivity contribution < 1.29 is 19.1 Å². The van der Waals surface area contributed by atoms with Crippen molar-refractivity contribution in [3.8, 4) is 0 Å². The van der Waals surface area contributed by atoms with E-state index >= 15 is 0 Å². The fourth-order valence-corrected chi connectivity index (χ4v) is 3.02. The number of rotatable bonds is 1. The summed E-state index contributed by atoms with van der Waals surface area (Å²) >= 11 is 1.64. The van der Waals surface area contributed by atoms with Crippen molar-refractivity contribution in [2.75, 3.05) is 5.75 Å². The van der Waals surface area contributed by atoms with E-state index in [0.29, 0.717) is 6.42 Å². The number of carbonyl (C=O) groups excluding carboxylic acids is 2. The first-order chi connectivity index (χ1) is 6.16. The molecule has 0 aromatic rings. The number of ether oxygens (including phenoxy) is 2. The number of fused-ring (bicyclic) bond motifs is 2. The van der Waals surface area contributed by atoms with Crippen LogP contribution in [-0.2, 0) is 19.1 Å². The standard InChI is InChI=1S/C8H10O4S/c1-4(9)11-8-5-3-13-6(8)2-7(10)12-5/h5-6,8H,2-3H2,1H3/t5-,6+,8-/m1/s1. The highest BCUT2D eigenvalue weighted by atomic mass is 32.2. The van der Waals surface area contributed by atoms with E-state index in [1.807, 2.05) is 0 Å². The maximum atomic E-state index is 11.0. The second-order valence-corrected chi connectivity index (χ2v) is 4.45. The van der Waals surface area contributed by atoms with Crippen LogP contribution in [0.15, 0.2) is 0 Å². The fraction of sp³-hybridized carbons (Fsp3) is 0.750. The van der Waals surface area contributed by atoms with E-state index in [4.69, 9.17) is 9.47 Å². The molecule has 0 radical (unpaired) electrons. The average molecular weight is 202 g/mol. The molecule has 0 saturated carbocycles. The van der Waals surface area contributed by atoms with Crippen LogP contribution < -0.4 is 0 Å². The van der Waals surface area contributed by atoms with E-state index in [9.17, 15) is 9.59 Å². The van der Waals surface area contributed by atoms with Gasteiger partial charge in [0.15, 0.2) is 6.10 Å². The van der Waals surface area contributed by atoms with Gasteiger partial charge in [-0.15, -0.1) is 11.8 Å².